The predicted molar refractivity (Wildman–Crippen MR) is 114 cm³/mol. The normalized spacial score (nSPS) is 19.8. The van der Waals surface area contributed by atoms with Gasteiger partial charge < -0.3 is 19.5 Å². The van der Waals surface area contributed by atoms with Crippen LogP contribution in [-0.2, 0) is 13.0 Å². The molecule has 2 amide bonds. The maximum atomic E-state index is 13.3. The number of anilines is 1. The summed E-state index contributed by atoms with van der Waals surface area (Å²) >= 11 is 0. The molecule has 0 aliphatic carbocycles. The minimum atomic E-state index is -0.0744. The highest BCUT2D eigenvalue weighted by Gasteiger charge is 2.41. The minimum absolute atomic E-state index is 0.0744. The van der Waals surface area contributed by atoms with Crippen LogP contribution in [-0.4, -0.2) is 44.4 Å². The zero-order valence-electron chi connectivity index (χ0n) is 17.0. The van der Waals surface area contributed by atoms with E-state index in [0.717, 1.165) is 36.5 Å². The van der Waals surface area contributed by atoms with Crippen molar-refractivity contribution in [3.63, 3.8) is 0 Å². The fraction of sp³-hybridized carbons (Fsp3) is 0.348. The highest BCUT2D eigenvalue weighted by atomic mass is 16.5. The molecular weight excluding hydrogens is 378 g/mol. The van der Waals surface area contributed by atoms with Crippen LogP contribution < -0.4 is 10.1 Å². The first-order chi connectivity index (χ1) is 14.7. The number of hydrogen-bond donors (Lipinski definition) is 1. The maximum absolute atomic E-state index is 13.3. The van der Waals surface area contributed by atoms with Gasteiger partial charge in [0.25, 0.3) is 0 Å². The monoisotopic (exact) mass is 403 g/mol. The van der Waals surface area contributed by atoms with Crippen LogP contribution in [0.3, 0.4) is 0 Å². The second kappa shape index (κ2) is 7.82. The van der Waals surface area contributed by atoms with Crippen molar-refractivity contribution in [3.05, 3.63) is 60.4 Å². The lowest BCUT2D eigenvalue weighted by atomic mass is 10.1. The van der Waals surface area contributed by atoms with Crippen LogP contribution in [0.4, 0.5) is 10.5 Å². The van der Waals surface area contributed by atoms with Crippen molar-refractivity contribution in [3.8, 4) is 17.1 Å². The molecular formula is C23H25N5O2. The van der Waals surface area contributed by atoms with Crippen molar-refractivity contribution in [1.29, 1.82) is 0 Å². The largest absolute Gasteiger partial charge is 0.492 e. The Hall–Kier alpha value is -3.35. The quantitative estimate of drug-likeness (QED) is 0.716. The number of benzene rings is 2. The third-order valence-electron chi connectivity index (χ3n) is 5.95. The number of ether oxygens (including phenoxy) is 1. The molecule has 1 aromatic heterocycles. The van der Waals surface area contributed by atoms with Crippen LogP contribution in [0.15, 0.2) is 54.6 Å². The van der Waals surface area contributed by atoms with Crippen molar-refractivity contribution in [2.45, 2.75) is 44.8 Å². The molecule has 0 spiro atoms. The standard InChI is InChI=1S/C23H25N5O2/c1-2-30-20-11-7-6-10-19(20)24-23(29)28-17-12-13-18(28)15-27-21(14-17)25-26-22(27)16-8-4-3-5-9-16/h3-11,17-18H,2,12-15H2,1H3,(H,24,29)/t17-,18+/m0/s1. The van der Waals surface area contributed by atoms with Gasteiger partial charge in [0, 0.05) is 24.6 Å². The summed E-state index contributed by atoms with van der Waals surface area (Å²) in [7, 11) is 0. The van der Waals surface area contributed by atoms with Crippen LogP contribution >= 0.6 is 0 Å². The average Bonchev–Trinajstić information content (AvgIpc) is 3.29. The number of fused-ring (bicyclic) bond motifs is 3. The van der Waals surface area contributed by atoms with Crippen LogP contribution in [0.25, 0.3) is 11.4 Å². The molecule has 2 aliphatic heterocycles. The fourth-order valence-corrected chi connectivity index (χ4v) is 4.60. The molecule has 154 valence electrons. The van der Waals surface area contributed by atoms with Gasteiger partial charge in [-0.2, -0.15) is 0 Å². The molecule has 1 fully saturated rings. The molecule has 2 bridgehead atoms. The van der Waals surface area contributed by atoms with Crippen molar-refractivity contribution in [2.24, 2.45) is 0 Å². The van der Waals surface area contributed by atoms with Crippen LogP contribution in [0.1, 0.15) is 25.6 Å². The lowest BCUT2D eigenvalue weighted by molar-refractivity contribution is 0.184. The van der Waals surface area contributed by atoms with Crippen LogP contribution in [0.5, 0.6) is 5.75 Å². The van der Waals surface area contributed by atoms with E-state index < -0.39 is 0 Å². The third kappa shape index (κ3) is 3.30. The zero-order chi connectivity index (χ0) is 20.5. The summed E-state index contributed by atoms with van der Waals surface area (Å²) in [5.74, 6) is 2.52. The summed E-state index contributed by atoms with van der Waals surface area (Å²) in [6.07, 6.45) is 2.69. The Bertz CT molecular complexity index is 1050. The van der Waals surface area contributed by atoms with E-state index in [1.165, 1.54) is 0 Å². The average molecular weight is 403 g/mol. The molecule has 2 atom stereocenters. The van der Waals surface area contributed by atoms with Gasteiger partial charge in [0.15, 0.2) is 5.82 Å². The number of urea groups is 1. The summed E-state index contributed by atoms with van der Waals surface area (Å²) in [6.45, 7) is 3.20. The van der Waals surface area contributed by atoms with E-state index in [4.69, 9.17) is 4.74 Å². The Morgan fingerprint density at radius 2 is 1.83 bits per heavy atom. The molecule has 3 heterocycles. The molecule has 1 N–H and O–H groups in total. The summed E-state index contributed by atoms with van der Waals surface area (Å²) in [4.78, 5) is 15.3. The Kier molecular flexibility index (Phi) is 4.86. The lowest BCUT2D eigenvalue weighted by Crippen LogP contribution is -2.44. The summed E-state index contributed by atoms with van der Waals surface area (Å²) in [5, 5.41) is 12.0. The van der Waals surface area contributed by atoms with Gasteiger partial charge in [-0.25, -0.2) is 4.79 Å². The third-order valence-corrected chi connectivity index (χ3v) is 5.95. The number of carbonyl (C=O) groups excluding carboxylic acids is 1. The van der Waals surface area contributed by atoms with E-state index in [-0.39, 0.29) is 18.1 Å². The van der Waals surface area contributed by atoms with Crippen LogP contribution in [0.2, 0.25) is 0 Å². The minimum Gasteiger partial charge on any atom is -0.492 e. The Labute approximate surface area is 175 Å². The molecule has 0 saturated carbocycles. The van der Waals surface area contributed by atoms with E-state index in [2.05, 4.69) is 32.2 Å². The number of para-hydroxylation sites is 2. The number of hydrogen-bond acceptors (Lipinski definition) is 4. The number of carbonyl (C=O) groups is 1. The molecule has 7 heteroatoms. The van der Waals surface area contributed by atoms with Gasteiger partial charge in [-0.05, 0) is 31.9 Å². The van der Waals surface area contributed by atoms with E-state index in [1.54, 1.807) is 0 Å². The number of aromatic nitrogens is 3. The van der Waals surface area contributed by atoms with Crippen molar-refractivity contribution < 1.29 is 9.53 Å². The van der Waals surface area contributed by atoms with Crippen LogP contribution in [0, 0.1) is 0 Å². The SMILES string of the molecule is CCOc1ccccc1NC(=O)N1[C@@H]2CC[C@H]1Cc1nnc(-c3ccccc3)n1C2. The van der Waals surface area contributed by atoms with Gasteiger partial charge in [-0.1, -0.05) is 42.5 Å². The van der Waals surface area contributed by atoms with E-state index >= 15 is 0 Å². The summed E-state index contributed by atoms with van der Waals surface area (Å²) in [6, 6.07) is 17.9. The second-order valence-electron chi connectivity index (χ2n) is 7.77. The molecule has 2 aliphatic rings. The molecule has 7 nitrogen and oxygen atoms in total. The van der Waals surface area contributed by atoms with Gasteiger partial charge >= 0.3 is 6.03 Å². The number of nitrogens with zero attached hydrogens (tertiary/aromatic N) is 4. The highest BCUT2D eigenvalue weighted by molar-refractivity contribution is 5.91. The molecule has 5 rings (SSSR count). The Morgan fingerprint density at radius 3 is 2.67 bits per heavy atom. The molecule has 0 radical (unpaired) electrons. The molecule has 30 heavy (non-hydrogen) atoms. The zero-order valence-corrected chi connectivity index (χ0v) is 17.0. The highest BCUT2D eigenvalue weighted by Crippen LogP contribution is 2.34. The smallest absolute Gasteiger partial charge is 0.322 e. The lowest BCUT2D eigenvalue weighted by Gasteiger charge is -2.28. The number of nitrogens with one attached hydrogen (secondary N) is 1. The molecule has 3 aromatic rings. The van der Waals surface area contributed by atoms with Gasteiger partial charge in [-0.3, -0.25) is 0 Å². The molecule has 2 aromatic carbocycles. The van der Waals surface area contributed by atoms with E-state index in [0.29, 0.717) is 24.6 Å². The first kappa shape index (κ1) is 18.7. The van der Waals surface area contributed by atoms with Gasteiger partial charge in [0.2, 0.25) is 0 Å². The number of rotatable bonds is 4. The Balaban J connectivity index is 1.40. The van der Waals surface area contributed by atoms with Crippen molar-refractivity contribution in [2.75, 3.05) is 11.9 Å². The second-order valence-corrected chi connectivity index (χ2v) is 7.77. The number of amides is 2. The maximum Gasteiger partial charge on any atom is 0.322 e. The van der Waals surface area contributed by atoms with Gasteiger partial charge in [-0.15, -0.1) is 10.2 Å². The molecule has 0 unspecified atom stereocenters. The first-order valence-corrected chi connectivity index (χ1v) is 10.5. The summed E-state index contributed by atoms with van der Waals surface area (Å²) in [5.41, 5.74) is 1.76. The van der Waals surface area contributed by atoms with E-state index in [1.807, 2.05) is 54.3 Å². The van der Waals surface area contributed by atoms with Crippen molar-refractivity contribution >= 4 is 11.7 Å². The first-order valence-electron chi connectivity index (χ1n) is 10.5. The van der Waals surface area contributed by atoms with Gasteiger partial charge in [0.1, 0.15) is 11.6 Å². The van der Waals surface area contributed by atoms with Crippen molar-refractivity contribution in [1.82, 2.24) is 19.7 Å². The van der Waals surface area contributed by atoms with E-state index in [9.17, 15) is 4.79 Å². The fourth-order valence-electron chi connectivity index (χ4n) is 4.60. The molecule has 1 saturated heterocycles. The summed E-state index contributed by atoms with van der Waals surface area (Å²) < 4.78 is 7.85. The Morgan fingerprint density at radius 1 is 1.07 bits per heavy atom. The van der Waals surface area contributed by atoms with Gasteiger partial charge in [0.05, 0.1) is 18.3 Å². The topological polar surface area (TPSA) is 72.3 Å². The predicted octanol–water partition coefficient (Wildman–Crippen LogP) is 3.97.